The number of carbonyl (C=O) groups is 1. The van der Waals surface area contributed by atoms with Crippen LogP contribution in [-0.2, 0) is 0 Å². The first-order valence-corrected chi connectivity index (χ1v) is 5.09. The molecule has 3 rings (SSSR count). The first-order valence-electron chi connectivity index (χ1n) is 5.09. The number of hydrogen-bond acceptors (Lipinski definition) is 1. The lowest BCUT2D eigenvalue weighted by Gasteiger charge is -2.02. The van der Waals surface area contributed by atoms with Crippen LogP contribution in [-0.4, -0.2) is 15.5 Å². The van der Waals surface area contributed by atoms with Crippen molar-refractivity contribution in [3.8, 4) is 0 Å². The molecule has 0 fully saturated rings. The largest absolute Gasteiger partial charge is 0.478 e. The lowest BCUT2D eigenvalue weighted by Crippen LogP contribution is -1.92. The van der Waals surface area contributed by atoms with Gasteiger partial charge in [0.25, 0.3) is 0 Å². The number of carboxylic acid groups (broad SMARTS) is 1. The summed E-state index contributed by atoms with van der Waals surface area (Å²) in [6.45, 7) is 0. The molecule has 0 aliphatic heterocycles. The Balaban J connectivity index is 2.42. The van der Waals surface area contributed by atoms with Gasteiger partial charge in [-0.3, -0.25) is 0 Å². The van der Waals surface area contributed by atoms with Crippen LogP contribution >= 0.6 is 0 Å². The Labute approximate surface area is 95.7 Å². The fourth-order valence-electron chi connectivity index (χ4n) is 1.99. The minimum absolute atomic E-state index is 0.224. The molecule has 1 N–H and O–H groups in total. The molecule has 1 aromatic carbocycles. The van der Waals surface area contributed by atoms with Crippen LogP contribution in [0.1, 0.15) is 10.4 Å². The van der Waals surface area contributed by atoms with E-state index >= 15 is 0 Å². The molecule has 0 spiro atoms. The smallest absolute Gasteiger partial charge is 0.337 e. The maximum Gasteiger partial charge on any atom is 0.337 e. The summed E-state index contributed by atoms with van der Waals surface area (Å²) >= 11 is 0. The molecule has 0 atom stereocenters. The number of nitrogens with zero attached hydrogens (tertiary/aromatic N) is 1. The molecule has 0 unspecified atom stereocenters. The van der Waals surface area contributed by atoms with Crippen molar-refractivity contribution >= 4 is 22.4 Å². The minimum Gasteiger partial charge on any atom is -0.478 e. The highest BCUT2D eigenvalue weighted by molar-refractivity contribution is 5.91. The second-order valence-corrected chi connectivity index (χ2v) is 3.87. The van der Waals surface area contributed by atoms with Gasteiger partial charge in [-0.15, -0.1) is 0 Å². The van der Waals surface area contributed by atoms with E-state index in [1.54, 1.807) is 28.7 Å². The number of carboxylic acids is 1. The SMILES string of the molecule is O=C(O)c1cc2ccc3cc(F)ccc3n2c1. The molecular weight excluding hydrogens is 221 g/mol. The zero-order valence-corrected chi connectivity index (χ0v) is 8.72. The highest BCUT2D eigenvalue weighted by Gasteiger charge is 2.08. The summed E-state index contributed by atoms with van der Waals surface area (Å²) in [4.78, 5) is 10.9. The Kier molecular flexibility index (Phi) is 1.92. The maximum atomic E-state index is 13.1. The molecule has 84 valence electrons. The number of hydrogen-bond donors (Lipinski definition) is 1. The molecule has 17 heavy (non-hydrogen) atoms. The van der Waals surface area contributed by atoms with E-state index in [0.717, 1.165) is 16.4 Å². The van der Waals surface area contributed by atoms with E-state index in [-0.39, 0.29) is 11.4 Å². The van der Waals surface area contributed by atoms with Crippen LogP contribution < -0.4 is 0 Å². The summed E-state index contributed by atoms with van der Waals surface area (Å²) in [5.41, 5.74) is 1.79. The topological polar surface area (TPSA) is 41.7 Å². The van der Waals surface area contributed by atoms with Gasteiger partial charge in [0.15, 0.2) is 0 Å². The minimum atomic E-state index is -0.969. The molecule has 4 heteroatoms. The van der Waals surface area contributed by atoms with E-state index in [4.69, 9.17) is 5.11 Å². The average Bonchev–Trinajstić information content (AvgIpc) is 2.72. The number of benzene rings is 1. The average molecular weight is 229 g/mol. The van der Waals surface area contributed by atoms with Crippen molar-refractivity contribution in [2.45, 2.75) is 0 Å². The summed E-state index contributed by atoms with van der Waals surface area (Å²) in [5, 5.41) is 9.67. The molecular formula is C13H8FNO2. The Morgan fingerprint density at radius 1 is 1.18 bits per heavy atom. The molecule has 3 aromatic rings. The normalized spacial score (nSPS) is 11.1. The number of pyridine rings is 1. The monoisotopic (exact) mass is 229 g/mol. The molecule has 3 nitrogen and oxygen atoms in total. The molecule has 0 aliphatic rings. The highest BCUT2D eigenvalue weighted by atomic mass is 19.1. The fraction of sp³-hybridized carbons (Fsp3) is 0. The molecule has 0 aliphatic carbocycles. The van der Waals surface area contributed by atoms with Crippen molar-refractivity contribution in [3.63, 3.8) is 0 Å². The van der Waals surface area contributed by atoms with E-state index in [9.17, 15) is 9.18 Å². The third kappa shape index (κ3) is 1.45. The zero-order valence-electron chi connectivity index (χ0n) is 8.72. The van der Waals surface area contributed by atoms with E-state index < -0.39 is 5.97 Å². The Bertz CT molecular complexity index is 746. The van der Waals surface area contributed by atoms with Crippen LogP contribution in [0.3, 0.4) is 0 Å². The predicted molar refractivity (Wildman–Crippen MR) is 61.8 cm³/mol. The van der Waals surface area contributed by atoms with E-state index in [1.807, 2.05) is 0 Å². The summed E-state index contributed by atoms with van der Waals surface area (Å²) < 4.78 is 14.8. The van der Waals surface area contributed by atoms with E-state index in [1.165, 1.54) is 18.3 Å². The summed E-state index contributed by atoms with van der Waals surface area (Å²) in [6.07, 6.45) is 1.54. The van der Waals surface area contributed by atoms with Crippen LogP contribution in [0.5, 0.6) is 0 Å². The number of aromatic nitrogens is 1. The predicted octanol–water partition coefficient (Wildman–Crippen LogP) is 2.93. The van der Waals surface area contributed by atoms with Gasteiger partial charge in [0.05, 0.1) is 11.1 Å². The quantitative estimate of drug-likeness (QED) is 0.697. The first kappa shape index (κ1) is 9.84. The molecule has 0 radical (unpaired) electrons. The van der Waals surface area contributed by atoms with Crippen LogP contribution in [0.2, 0.25) is 0 Å². The van der Waals surface area contributed by atoms with Crippen LogP contribution in [0.15, 0.2) is 42.6 Å². The molecule has 0 amide bonds. The van der Waals surface area contributed by atoms with Gasteiger partial charge in [-0.25, -0.2) is 9.18 Å². The van der Waals surface area contributed by atoms with Crippen molar-refractivity contribution in [1.29, 1.82) is 0 Å². The van der Waals surface area contributed by atoms with Crippen molar-refractivity contribution < 1.29 is 14.3 Å². The summed E-state index contributed by atoms with van der Waals surface area (Å²) in [6, 6.07) is 9.57. The maximum absolute atomic E-state index is 13.1. The molecule has 2 heterocycles. The Hall–Kier alpha value is -2.36. The standard InChI is InChI=1S/C13H8FNO2/c14-10-2-4-12-8(5-10)1-3-11-6-9(13(16)17)7-15(11)12/h1-7H,(H,16,17). The van der Waals surface area contributed by atoms with Gasteiger partial charge in [0.2, 0.25) is 0 Å². The van der Waals surface area contributed by atoms with Gasteiger partial charge in [-0.2, -0.15) is 0 Å². The number of aromatic carboxylic acids is 1. The molecule has 0 saturated heterocycles. The summed E-state index contributed by atoms with van der Waals surface area (Å²) in [5.74, 6) is -1.27. The van der Waals surface area contributed by atoms with Gasteiger partial charge in [-0.1, -0.05) is 6.07 Å². The van der Waals surface area contributed by atoms with Gasteiger partial charge in [0.1, 0.15) is 5.82 Å². The molecule has 0 bridgehead atoms. The third-order valence-corrected chi connectivity index (χ3v) is 2.78. The lowest BCUT2D eigenvalue weighted by molar-refractivity contribution is 0.0697. The fourth-order valence-corrected chi connectivity index (χ4v) is 1.99. The van der Waals surface area contributed by atoms with Gasteiger partial charge in [-0.05, 0) is 30.3 Å². The number of fused-ring (bicyclic) bond motifs is 3. The Morgan fingerprint density at radius 3 is 2.76 bits per heavy atom. The van der Waals surface area contributed by atoms with E-state index in [0.29, 0.717) is 0 Å². The van der Waals surface area contributed by atoms with Crippen molar-refractivity contribution in [2.24, 2.45) is 0 Å². The van der Waals surface area contributed by atoms with Crippen LogP contribution in [0, 0.1) is 5.82 Å². The molecule has 0 saturated carbocycles. The zero-order chi connectivity index (χ0) is 12.0. The number of rotatable bonds is 1. The summed E-state index contributed by atoms with van der Waals surface area (Å²) in [7, 11) is 0. The van der Waals surface area contributed by atoms with Gasteiger partial charge in [0, 0.05) is 17.1 Å². The van der Waals surface area contributed by atoms with Crippen molar-refractivity contribution in [2.75, 3.05) is 0 Å². The lowest BCUT2D eigenvalue weighted by atomic mass is 10.2. The van der Waals surface area contributed by atoms with Crippen molar-refractivity contribution in [1.82, 2.24) is 4.40 Å². The second kappa shape index (κ2) is 3.31. The highest BCUT2D eigenvalue weighted by Crippen LogP contribution is 2.20. The van der Waals surface area contributed by atoms with E-state index in [2.05, 4.69) is 0 Å². The number of halogens is 1. The second-order valence-electron chi connectivity index (χ2n) is 3.87. The van der Waals surface area contributed by atoms with Crippen LogP contribution in [0.25, 0.3) is 16.4 Å². The third-order valence-electron chi connectivity index (χ3n) is 2.78. The molecule has 2 aromatic heterocycles. The first-order chi connectivity index (χ1) is 8.15. The Morgan fingerprint density at radius 2 is 2.00 bits per heavy atom. The van der Waals surface area contributed by atoms with Gasteiger partial charge < -0.3 is 9.51 Å². The van der Waals surface area contributed by atoms with Crippen molar-refractivity contribution in [3.05, 3.63) is 54.0 Å². The van der Waals surface area contributed by atoms with Crippen LogP contribution in [0.4, 0.5) is 4.39 Å². The van der Waals surface area contributed by atoms with Gasteiger partial charge >= 0.3 is 5.97 Å².